The van der Waals surface area contributed by atoms with Gasteiger partial charge in [0.05, 0.1) is 6.20 Å². The highest BCUT2D eigenvalue weighted by molar-refractivity contribution is 6.00. The summed E-state index contributed by atoms with van der Waals surface area (Å²) in [6.45, 7) is 6.85. The Bertz CT molecular complexity index is 856. The van der Waals surface area contributed by atoms with Crippen LogP contribution < -0.4 is 10.6 Å². The van der Waals surface area contributed by atoms with E-state index >= 15 is 0 Å². The summed E-state index contributed by atoms with van der Waals surface area (Å²) in [5, 5.41) is 10.8. The van der Waals surface area contributed by atoms with E-state index < -0.39 is 5.54 Å². The second-order valence-corrected chi connectivity index (χ2v) is 8.31. The lowest BCUT2D eigenvalue weighted by Gasteiger charge is -2.40. The summed E-state index contributed by atoms with van der Waals surface area (Å²) in [6, 6.07) is 0. The predicted molar refractivity (Wildman–Crippen MR) is 96.8 cm³/mol. The van der Waals surface area contributed by atoms with E-state index in [1.807, 2.05) is 28.9 Å². The van der Waals surface area contributed by atoms with Crippen molar-refractivity contribution in [2.75, 3.05) is 26.2 Å². The maximum absolute atomic E-state index is 13.0. The maximum atomic E-state index is 13.0. The number of amides is 2. The molecule has 2 aromatic heterocycles. The molecule has 2 fully saturated rings. The number of fused-ring (bicyclic) bond motifs is 1. The zero-order valence-corrected chi connectivity index (χ0v) is 15.6. The molecule has 140 valence electrons. The molecule has 1 spiro atoms. The quantitative estimate of drug-likeness (QED) is 0.773. The van der Waals surface area contributed by atoms with Crippen molar-refractivity contribution in [2.45, 2.75) is 32.2 Å². The number of rotatable bonds is 1. The fraction of sp³-hybridized carbons (Fsp3) is 0.611. The van der Waals surface area contributed by atoms with Gasteiger partial charge in [-0.15, -0.1) is 0 Å². The average molecular weight is 358 g/mol. The minimum absolute atomic E-state index is 0.0222. The molecule has 2 aliphatic heterocycles. The van der Waals surface area contributed by atoms with Crippen LogP contribution in [0.2, 0.25) is 0 Å². The van der Waals surface area contributed by atoms with Crippen LogP contribution in [0, 0.1) is 5.41 Å². The second-order valence-electron chi connectivity index (χ2n) is 8.31. The van der Waals surface area contributed by atoms with Crippen molar-refractivity contribution in [3.63, 3.8) is 0 Å². The molecule has 0 atom stereocenters. The third-order valence-electron chi connectivity index (χ3n) is 5.74. The van der Waals surface area contributed by atoms with Gasteiger partial charge < -0.3 is 20.1 Å². The van der Waals surface area contributed by atoms with Gasteiger partial charge in [0.15, 0.2) is 0 Å². The molecule has 2 aromatic rings. The van der Waals surface area contributed by atoms with Crippen LogP contribution in [0.25, 0.3) is 5.65 Å². The lowest BCUT2D eigenvalue weighted by Crippen LogP contribution is -2.61. The van der Waals surface area contributed by atoms with E-state index in [4.69, 9.17) is 0 Å². The standard InChI is InChI=1S/C18H26N6O2/c1-17(2)11-19-16(26)18(20-12-17)4-6-23(7-5-18)15(25)13-10-21-24-9-8-22(3)14(13)24/h8-10,20H,4-7,11-12H2,1-3H3,(H,19,26). The molecule has 0 bridgehead atoms. The van der Waals surface area contributed by atoms with Gasteiger partial charge in [-0.2, -0.15) is 5.10 Å². The molecule has 8 nitrogen and oxygen atoms in total. The van der Waals surface area contributed by atoms with Crippen LogP contribution in [0.15, 0.2) is 18.6 Å². The number of carbonyl (C=O) groups is 2. The van der Waals surface area contributed by atoms with Gasteiger partial charge >= 0.3 is 0 Å². The first-order valence-electron chi connectivity index (χ1n) is 9.13. The van der Waals surface area contributed by atoms with Crippen molar-refractivity contribution in [3.05, 3.63) is 24.2 Å². The van der Waals surface area contributed by atoms with Crippen molar-refractivity contribution in [1.29, 1.82) is 0 Å². The van der Waals surface area contributed by atoms with Gasteiger partial charge in [0, 0.05) is 45.6 Å². The Labute approximate surface area is 152 Å². The Balaban J connectivity index is 1.50. The van der Waals surface area contributed by atoms with E-state index in [9.17, 15) is 9.59 Å². The second kappa shape index (κ2) is 5.84. The molecule has 2 amide bonds. The molecule has 0 aromatic carbocycles. The smallest absolute Gasteiger partial charge is 0.259 e. The van der Waals surface area contributed by atoms with Crippen LogP contribution >= 0.6 is 0 Å². The zero-order chi connectivity index (χ0) is 18.5. The summed E-state index contributed by atoms with van der Waals surface area (Å²) in [5.41, 5.74) is 0.863. The Morgan fingerprint density at radius 1 is 1.19 bits per heavy atom. The van der Waals surface area contributed by atoms with Crippen LogP contribution in [0.4, 0.5) is 0 Å². The first kappa shape index (κ1) is 17.1. The van der Waals surface area contributed by atoms with E-state index in [1.165, 1.54) is 0 Å². The average Bonchev–Trinajstić information content (AvgIpc) is 3.18. The molecular weight excluding hydrogens is 332 g/mol. The monoisotopic (exact) mass is 358 g/mol. The lowest BCUT2D eigenvalue weighted by molar-refractivity contribution is -0.128. The predicted octanol–water partition coefficient (Wildman–Crippen LogP) is 0.393. The third kappa shape index (κ3) is 2.68. The number of aryl methyl sites for hydroxylation is 1. The van der Waals surface area contributed by atoms with Gasteiger partial charge in [-0.1, -0.05) is 13.8 Å². The van der Waals surface area contributed by atoms with Gasteiger partial charge in [0.1, 0.15) is 16.7 Å². The molecule has 0 radical (unpaired) electrons. The molecule has 2 N–H and O–H groups in total. The molecule has 4 heterocycles. The van der Waals surface area contributed by atoms with Crippen LogP contribution in [0.3, 0.4) is 0 Å². The van der Waals surface area contributed by atoms with E-state index in [2.05, 4.69) is 29.6 Å². The number of piperidine rings is 1. The van der Waals surface area contributed by atoms with Crippen molar-refractivity contribution >= 4 is 17.5 Å². The van der Waals surface area contributed by atoms with Gasteiger partial charge in [-0.05, 0) is 18.3 Å². The number of carbonyl (C=O) groups excluding carboxylic acids is 2. The summed E-state index contributed by atoms with van der Waals surface area (Å²) >= 11 is 0. The minimum Gasteiger partial charge on any atom is -0.354 e. The first-order chi connectivity index (χ1) is 12.3. The van der Waals surface area contributed by atoms with Gasteiger partial charge in [-0.3, -0.25) is 9.59 Å². The Morgan fingerprint density at radius 2 is 1.92 bits per heavy atom. The van der Waals surface area contributed by atoms with Crippen LogP contribution in [0.1, 0.15) is 37.0 Å². The number of aromatic nitrogens is 3. The number of imidazole rings is 1. The molecule has 0 unspecified atom stereocenters. The molecule has 4 rings (SSSR count). The van der Waals surface area contributed by atoms with Crippen LogP contribution in [0.5, 0.6) is 0 Å². The highest BCUT2D eigenvalue weighted by Gasteiger charge is 2.45. The zero-order valence-electron chi connectivity index (χ0n) is 15.6. The van der Waals surface area contributed by atoms with E-state index in [1.54, 1.807) is 10.7 Å². The highest BCUT2D eigenvalue weighted by Crippen LogP contribution is 2.28. The number of hydrogen-bond acceptors (Lipinski definition) is 4. The van der Waals surface area contributed by atoms with Crippen molar-refractivity contribution in [1.82, 2.24) is 29.7 Å². The van der Waals surface area contributed by atoms with E-state index in [-0.39, 0.29) is 17.2 Å². The summed E-state index contributed by atoms with van der Waals surface area (Å²) in [6.07, 6.45) is 6.59. The minimum atomic E-state index is -0.566. The molecule has 8 heteroatoms. The SMILES string of the molecule is Cn1ccn2ncc(C(=O)N3CCC4(CC3)NCC(C)(C)CNC4=O)c12. The third-order valence-corrected chi connectivity index (χ3v) is 5.74. The normalized spacial score (nSPS) is 22.4. The maximum Gasteiger partial charge on any atom is 0.259 e. The van der Waals surface area contributed by atoms with E-state index in [0.717, 1.165) is 12.2 Å². The van der Waals surface area contributed by atoms with Crippen molar-refractivity contribution in [3.8, 4) is 0 Å². The molecule has 2 aliphatic rings. The Hall–Kier alpha value is -2.35. The van der Waals surface area contributed by atoms with Crippen molar-refractivity contribution in [2.24, 2.45) is 12.5 Å². The Morgan fingerprint density at radius 3 is 2.65 bits per heavy atom. The lowest BCUT2D eigenvalue weighted by atomic mass is 9.86. The summed E-state index contributed by atoms with van der Waals surface area (Å²) < 4.78 is 3.61. The molecular formula is C18H26N6O2. The largest absolute Gasteiger partial charge is 0.354 e. The fourth-order valence-corrected chi connectivity index (χ4v) is 3.91. The highest BCUT2D eigenvalue weighted by atomic mass is 16.2. The summed E-state index contributed by atoms with van der Waals surface area (Å²) in [7, 11) is 1.90. The summed E-state index contributed by atoms with van der Waals surface area (Å²) in [5.74, 6) is 0.0385. The van der Waals surface area contributed by atoms with Crippen molar-refractivity contribution < 1.29 is 9.59 Å². The number of likely N-dealkylation sites (tertiary alicyclic amines) is 1. The summed E-state index contributed by atoms with van der Waals surface area (Å²) in [4.78, 5) is 27.5. The van der Waals surface area contributed by atoms with Gasteiger partial charge in [0.2, 0.25) is 5.91 Å². The van der Waals surface area contributed by atoms with E-state index in [0.29, 0.717) is 38.0 Å². The first-order valence-corrected chi connectivity index (χ1v) is 9.13. The molecule has 2 saturated heterocycles. The topological polar surface area (TPSA) is 83.7 Å². The van der Waals surface area contributed by atoms with Crippen LogP contribution in [-0.4, -0.2) is 62.6 Å². The number of nitrogens with one attached hydrogen (secondary N) is 2. The number of nitrogens with zero attached hydrogens (tertiary/aromatic N) is 4. The molecule has 0 aliphatic carbocycles. The van der Waals surface area contributed by atoms with Gasteiger partial charge in [-0.25, -0.2) is 4.52 Å². The molecule has 26 heavy (non-hydrogen) atoms. The van der Waals surface area contributed by atoms with Gasteiger partial charge in [0.25, 0.3) is 5.91 Å². The fourth-order valence-electron chi connectivity index (χ4n) is 3.91. The number of hydrogen-bond donors (Lipinski definition) is 2. The Kier molecular flexibility index (Phi) is 3.83. The molecule has 0 saturated carbocycles. The van der Waals surface area contributed by atoms with Crippen LogP contribution in [-0.2, 0) is 11.8 Å².